The molecule has 0 spiro atoms. The summed E-state index contributed by atoms with van der Waals surface area (Å²) in [5.74, 6) is -0.502. The summed E-state index contributed by atoms with van der Waals surface area (Å²) in [6, 6.07) is 6.77. The number of primary amides is 1. The molecule has 0 aliphatic carbocycles. The van der Waals surface area contributed by atoms with E-state index in [1.807, 2.05) is 4.90 Å². The molecule has 3 N–H and O–H groups in total. The van der Waals surface area contributed by atoms with Crippen LogP contribution in [0, 0.1) is 0 Å². The van der Waals surface area contributed by atoms with E-state index in [-0.39, 0.29) is 0 Å². The number of β-amino-alcohol motifs (C(OH)–C–C–N with tert-alkyl or cyclic N) is 1. The first kappa shape index (κ1) is 16.6. The number of nitrogens with zero attached hydrogens (tertiary/aromatic N) is 2. The number of aliphatic hydroxyl groups is 1. The summed E-state index contributed by atoms with van der Waals surface area (Å²) < 4.78 is 37.0. The first-order valence-electron chi connectivity index (χ1n) is 6.89. The highest BCUT2D eigenvalue weighted by atomic mass is 19.4. The number of carbonyl (C=O) groups excluding carboxylic acids is 1. The van der Waals surface area contributed by atoms with Crippen molar-refractivity contribution in [1.82, 2.24) is 4.90 Å². The monoisotopic (exact) mass is 317 g/mol. The molecule has 0 aromatic heterocycles. The summed E-state index contributed by atoms with van der Waals surface area (Å²) in [4.78, 5) is 14.6. The molecule has 0 saturated carbocycles. The molecule has 22 heavy (non-hydrogen) atoms. The fourth-order valence-corrected chi connectivity index (χ4v) is 2.37. The average Bonchev–Trinajstić information content (AvgIpc) is 2.47. The molecule has 5 nitrogen and oxygen atoms in total. The minimum Gasteiger partial charge on any atom is -0.382 e. The van der Waals surface area contributed by atoms with Crippen LogP contribution in [0.5, 0.6) is 0 Å². The molecule has 8 heteroatoms. The SMILES string of the molecule is NC(=O)c1ccc(N2CCN(C[C@H](O)C(F)(F)F)CC2)cc1. The van der Waals surface area contributed by atoms with Gasteiger partial charge >= 0.3 is 6.18 Å². The number of hydrogen-bond acceptors (Lipinski definition) is 4. The largest absolute Gasteiger partial charge is 0.415 e. The van der Waals surface area contributed by atoms with E-state index < -0.39 is 24.7 Å². The standard InChI is InChI=1S/C14H18F3N3O2/c15-14(16,17)12(21)9-19-5-7-20(8-6-19)11-3-1-10(2-4-11)13(18)22/h1-4,12,21H,5-9H2,(H2,18,22)/t12-/m0/s1. The molecule has 1 saturated heterocycles. The molecule has 1 aromatic rings. The number of halogens is 3. The lowest BCUT2D eigenvalue weighted by molar-refractivity contribution is -0.208. The van der Waals surface area contributed by atoms with Crippen LogP contribution in [-0.2, 0) is 0 Å². The van der Waals surface area contributed by atoms with Crippen molar-refractivity contribution in [2.24, 2.45) is 5.73 Å². The van der Waals surface area contributed by atoms with Gasteiger partial charge in [0, 0.05) is 44.0 Å². The van der Waals surface area contributed by atoms with Gasteiger partial charge in [0.05, 0.1) is 0 Å². The number of carbonyl (C=O) groups is 1. The Bertz CT molecular complexity index is 511. The zero-order valence-corrected chi connectivity index (χ0v) is 11.9. The first-order chi connectivity index (χ1) is 10.3. The van der Waals surface area contributed by atoms with Crippen molar-refractivity contribution in [3.8, 4) is 0 Å². The van der Waals surface area contributed by atoms with E-state index in [4.69, 9.17) is 10.8 Å². The second-order valence-corrected chi connectivity index (χ2v) is 5.26. The van der Waals surface area contributed by atoms with Crippen molar-refractivity contribution in [2.45, 2.75) is 12.3 Å². The van der Waals surface area contributed by atoms with Crippen molar-refractivity contribution in [3.05, 3.63) is 29.8 Å². The molecule has 1 atom stereocenters. The van der Waals surface area contributed by atoms with Crippen LogP contribution < -0.4 is 10.6 Å². The number of nitrogens with two attached hydrogens (primary N) is 1. The lowest BCUT2D eigenvalue weighted by Gasteiger charge is -2.37. The van der Waals surface area contributed by atoms with Crippen LogP contribution in [0.3, 0.4) is 0 Å². The molecule has 1 amide bonds. The van der Waals surface area contributed by atoms with Crippen LogP contribution in [0.4, 0.5) is 18.9 Å². The maximum atomic E-state index is 12.3. The average molecular weight is 317 g/mol. The molecule has 122 valence electrons. The van der Waals surface area contributed by atoms with Gasteiger partial charge in [-0.25, -0.2) is 0 Å². The van der Waals surface area contributed by atoms with Crippen LogP contribution in [0.25, 0.3) is 0 Å². The van der Waals surface area contributed by atoms with E-state index in [9.17, 15) is 18.0 Å². The molecule has 0 radical (unpaired) electrons. The molecule has 1 aliphatic heterocycles. The van der Waals surface area contributed by atoms with Gasteiger partial charge in [0.2, 0.25) is 5.91 Å². The van der Waals surface area contributed by atoms with Crippen LogP contribution in [0.2, 0.25) is 0 Å². The third-order valence-corrected chi connectivity index (χ3v) is 3.70. The Morgan fingerprint density at radius 1 is 1.18 bits per heavy atom. The molecular weight excluding hydrogens is 299 g/mol. The van der Waals surface area contributed by atoms with E-state index in [1.54, 1.807) is 29.2 Å². The van der Waals surface area contributed by atoms with Crippen molar-refractivity contribution in [3.63, 3.8) is 0 Å². The predicted octanol–water partition coefficient (Wildman–Crippen LogP) is 0.831. The summed E-state index contributed by atoms with van der Waals surface area (Å²) in [5, 5.41) is 9.08. The Labute approximate surface area is 126 Å². The summed E-state index contributed by atoms with van der Waals surface area (Å²) in [6.07, 6.45) is -6.89. The van der Waals surface area contributed by atoms with E-state index >= 15 is 0 Å². The summed E-state index contributed by atoms with van der Waals surface area (Å²) in [6.45, 7) is 1.58. The maximum absolute atomic E-state index is 12.3. The Kier molecular flexibility index (Phi) is 4.92. The van der Waals surface area contributed by atoms with Crippen molar-refractivity contribution < 1.29 is 23.1 Å². The first-order valence-corrected chi connectivity index (χ1v) is 6.89. The van der Waals surface area contributed by atoms with E-state index in [1.165, 1.54) is 0 Å². The number of alkyl halides is 3. The zero-order chi connectivity index (χ0) is 16.3. The van der Waals surface area contributed by atoms with Crippen LogP contribution in [-0.4, -0.2) is 60.9 Å². The van der Waals surface area contributed by atoms with Gasteiger partial charge in [-0.15, -0.1) is 0 Å². The highest BCUT2D eigenvalue weighted by Gasteiger charge is 2.39. The molecular formula is C14H18F3N3O2. The Morgan fingerprint density at radius 3 is 2.18 bits per heavy atom. The third kappa shape index (κ3) is 4.11. The van der Waals surface area contributed by atoms with Gasteiger partial charge < -0.3 is 15.7 Å². The van der Waals surface area contributed by atoms with Crippen molar-refractivity contribution in [2.75, 3.05) is 37.6 Å². The molecule has 1 aromatic carbocycles. The van der Waals surface area contributed by atoms with Crippen LogP contribution >= 0.6 is 0 Å². The number of aliphatic hydroxyl groups excluding tert-OH is 1. The third-order valence-electron chi connectivity index (χ3n) is 3.70. The molecule has 1 fully saturated rings. The zero-order valence-electron chi connectivity index (χ0n) is 11.9. The van der Waals surface area contributed by atoms with E-state index in [0.29, 0.717) is 31.7 Å². The quantitative estimate of drug-likeness (QED) is 0.863. The molecule has 2 rings (SSSR count). The highest BCUT2D eigenvalue weighted by Crippen LogP contribution is 2.22. The van der Waals surface area contributed by atoms with Crippen molar-refractivity contribution >= 4 is 11.6 Å². The molecule has 1 aliphatic rings. The number of hydrogen-bond donors (Lipinski definition) is 2. The predicted molar refractivity (Wildman–Crippen MR) is 75.7 cm³/mol. The van der Waals surface area contributed by atoms with E-state index in [2.05, 4.69) is 0 Å². The number of benzene rings is 1. The number of piperazine rings is 1. The molecule has 1 heterocycles. The molecule has 0 bridgehead atoms. The second kappa shape index (κ2) is 6.53. The van der Waals surface area contributed by atoms with E-state index in [0.717, 1.165) is 5.69 Å². The smallest absolute Gasteiger partial charge is 0.382 e. The fraction of sp³-hybridized carbons (Fsp3) is 0.500. The Morgan fingerprint density at radius 2 is 1.73 bits per heavy atom. The Balaban J connectivity index is 1.88. The Hall–Kier alpha value is -1.80. The summed E-state index contributed by atoms with van der Waals surface area (Å²) in [7, 11) is 0. The van der Waals surface area contributed by atoms with Gasteiger partial charge in [-0.2, -0.15) is 13.2 Å². The number of amides is 1. The maximum Gasteiger partial charge on any atom is 0.415 e. The topological polar surface area (TPSA) is 69.8 Å². The minimum absolute atomic E-state index is 0.405. The van der Waals surface area contributed by atoms with Gasteiger partial charge in [-0.05, 0) is 24.3 Å². The van der Waals surface area contributed by atoms with Gasteiger partial charge in [0.25, 0.3) is 0 Å². The summed E-state index contributed by atoms with van der Waals surface area (Å²) >= 11 is 0. The molecule has 0 unspecified atom stereocenters. The van der Waals surface area contributed by atoms with Gasteiger partial charge in [-0.1, -0.05) is 0 Å². The minimum atomic E-state index is -4.58. The number of anilines is 1. The number of rotatable bonds is 4. The normalized spacial score (nSPS) is 18.3. The van der Waals surface area contributed by atoms with Crippen molar-refractivity contribution in [1.29, 1.82) is 0 Å². The fourth-order valence-electron chi connectivity index (χ4n) is 2.37. The summed E-state index contributed by atoms with van der Waals surface area (Å²) in [5.41, 5.74) is 6.47. The van der Waals surface area contributed by atoms with Gasteiger partial charge in [0.1, 0.15) is 0 Å². The van der Waals surface area contributed by atoms with Gasteiger partial charge in [0.15, 0.2) is 6.10 Å². The van der Waals surface area contributed by atoms with Gasteiger partial charge in [-0.3, -0.25) is 9.69 Å². The highest BCUT2D eigenvalue weighted by molar-refractivity contribution is 5.93. The van der Waals surface area contributed by atoms with Crippen LogP contribution in [0.1, 0.15) is 10.4 Å². The lowest BCUT2D eigenvalue weighted by Crippen LogP contribution is -2.50. The second-order valence-electron chi connectivity index (χ2n) is 5.26. The van der Waals surface area contributed by atoms with Crippen LogP contribution in [0.15, 0.2) is 24.3 Å². The lowest BCUT2D eigenvalue weighted by atomic mass is 10.1.